The second-order valence-corrected chi connectivity index (χ2v) is 5.64. The van der Waals surface area contributed by atoms with Crippen LogP contribution in [0.1, 0.15) is 44.9 Å². The van der Waals surface area contributed by atoms with Crippen molar-refractivity contribution in [1.82, 2.24) is 10.2 Å². The molecule has 0 radical (unpaired) electrons. The molecule has 2 nitrogen and oxygen atoms in total. The van der Waals surface area contributed by atoms with Gasteiger partial charge in [-0.1, -0.05) is 19.3 Å². The summed E-state index contributed by atoms with van der Waals surface area (Å²) in [6, 6.07) is 1.83. The molecule has 2 saturated carbocycles. The van der Waals surface area contributed by atoms with E-state index >= 15 is 0 Å². The Labute approximate surface area is 93.4 Å². The van der Waals surface area contributed by atoms with Crippen LogP contribution in [0.5, 0.6) is 0 Å². The zero-order valence-electron chi connectivity index (χ0n) is 9.75. The molecule has 3 rings (SSSR count). The van der Waals surface area contributed by atoms with Crippen molar-refractivity contribution in [2.75, 3.05) is 19.6 Å². The van der Waals surface area contributed by atoms with Gasteiger partial charge in [-0.25, -0.2) is 0 Å². The SMILES string of the molecule is C1CCC(N2CCNCC2C2CC2)CC1. The number of hydrogen-bond acceptors (Lipinski definition) is 2. The van der Waals surface area contributed by atoms with Crippen molar-refractivity contribution in [3.63, 3.8) is 0 Å². The molecule has 1 N–H and O–H groups in total. The molecule has 3 fully saturated rings. The number of piperazine rings is 1. The first-order valence-electron chi connectivity index (χ1n) is 6.91. The largest absolute Gasteiger partial charge is 0.314 e. The maximum absolute atomic E-state index is 3.58. The summed E-state index contributed by atoms with van der Waals surface area (Å²) < 4.78 is 0. The van der Waals surface area contributed by atoms with E-state index in [1.165, 1.54) is 64.6 Å². The summed E-state index contributed by atoms with van der Waals surface area (Å²) in [5.41, 5.74) is 0. The van der Waals surface area contributed by atoms with Crippen molar-refractivity contribution in [3.8, 4) is 0 Å². The van der Waals surface area contributed by atoms with E-state index in [0.717, 1.165) is 18.0 Å². The molecule has 1 aliphatic heterocycles. The van der Waals surface area contributed by atoms with E-state index in [-0.39, 0.29) is 0 Å². The van der Waals surface area contributed by atoms with E-state index in [9.17, 15) is 0 Å². The van der Waals surface area contributed by atoms with E-state index in [2.05, 4.69) is 10.2 Å². The molecule has 0 aromatic heterocycles. The molecule has 3 aliphatic rings. The highest BCUT2D eigenvalue weighted by molar-refractivity contribution is 4.95. The number of nitrogens with one attached hydrogen (secondary N) is 1. The van der Waals surface area contributed by atoms with Gasteiger partial charge in [-0.15, -0.1) is 0 Å². The third-order valence-corrected chi connectivity index (χ3v) is 4.54. The van der Waals surface area contributed by atoms with Crippen LogP contribution in [0.15, 0.2) is 0 Å². The summed E-state index contributed by atoms with van der Waals surface area (Å²) in [5.74, 6) is 1.04. The molecule has 0 aromatic rings. The Morgan fingerprint density at radius 2 is 1.73 bits per heavy atom. The van der Waals surface area contributed by atoms with Crippen LogP contribution in [0, 0.1) is 5.92 Å². The molecule has 86 valence electrons. The second-order valence-electron chi connectivity index (χ2n) is 5.64. The molecule has 0 aromatic carbocycles. The number of rotatable bonds is 2. The predicted molar refractivity (Wildman–Crippen MR) is 63.0 cm³/mol. The smallest absolute Gasteiger partial charge is 0.0252 e. The van der Waals surface area contributed by atoms with Crippen molar-refractivity contribution in [1.29, 1.82) is 0 Å². The monoisotopic (exact) mass is 208 g/mol. The summed E-state index contributed by atoms with van der Waals surface area (Å²) in [6.45, 7) is 3.80. The lowest BCUT2D eigenvalue weighted by molar-refractivity contribution is 0.0706. The molecule has 2 heteroatoms. The average molecular weight is 208 g/mol. The van der Waals surface area contributed by atoms with Crippen molar-refractivity contribution in [3.05, 3.63) is 0 Å². The minimum Gasteiger partial charge on any atom is -0.314 e. The lowest BCUT2D eigenvalue weighted by Gasteiger charge is -2.43. The van der Waals surface area contributed by atoms with Crippen LogP contribution < -0.4 is 5.32 Å². The normalized spacial score (nSPS) is 35.6. The van der Waals surface area contributed by atoms with Crippen LogP contribution in [0.4, 0.5) is 0 Å². The number of nitrogens with zero attached hydrogens (tertiary/aromatic N) is 1. The summed E-state index contributed by atoms with van der Waals surface area (Å²) in [5, 5.41) is 3.58. The highest BCUT2D eigenvalue weighted by atomic mass is 15.2. The van der Waals surface area contributed by atoms with Crippen LogP contribution in [0.2, 0.25) is 0 Å². The molecule has 1 heterocycles. The predicted octanol–water partition coefficient (Wildman–Crippen LogP) is 2.00. The van der Waals surface area contributed by atoms with Crippen molar-refractivity contribution in [2.45, 2.75) is 57.0 Å². The van der Waals surface area contributed by atoms with Gasteiger partial charge in [0.05, 0.1) is 0 Å². The molecule has 2 aliphatic carbocycles. The van der Waals surface area contributed by atoms with E-state index in [0.29, 0.717) is 0 Å². The Morgan fingerprint density at radius 1 is 0.933 bits per heavy atom. The van der Waals surface area contributed by atoms with Crippen molar-refractivity contribution in [2.24, 2.45) is 5.92 Å². The van der Waals surface area contributed by atoms with Gasteiger partial charge in [0, 0.05) is 31.7 Å². The molecular weight excluding hydrogens is 184 g/mol. The maximum atomic E-state index is 3.58. The van der Waals surface area contributed by atoms with Crippen molar-refractivity contribution >= 4 is 0 Å². The van der Waals surface area contributed by atoms with Crippen LogP contribution in [-0.2, 0) is 0 Å². The number of hydrogen-bond donors (Lipinski definition) is 1. The summed E-state index contributed by atoms with van der Waals surface area (Å²) in [6.07, 6.45) is 10.4. The maximum Gasteiger partial charge on any atom is 0.0252 e. The zero-order chi connectivity index (χ0) is 10.1. The van der Waals surface area contributed by atoms with Crippen LogP contribution in [0.25, 0.3) is 0 Å². The van der Waals surface area contributed by atoms with E-state index in [1.807, 2.05) is 0 Å². The fourth-order valence-electron chi connectivity index (χ4n) is 3.53. The summed E-state index contributed by atoms with van der Waals surface area (Å²) >= 11 is 0. The summed E-state index contributed by atoms with van der Waals surface area (Å²) in [4.78, 5) is 2.87. The molecule has 0 bridgehead atoms. The Hall–Kier alpha value is -0.0800. The quantitative estimate of drug-likeness (QED) is 0.747. The topological polar surface area (TPSA) is 15.3 Å². The van der Waals surface area contributed by atoms with Gasteiger partial charge in [-0.05, 0) is 31.6 Å². The van der Waals surface area contributed by atoms with Crippen LogP contribution in [-0.4, -0.2) is 36.6 Å². The van der Waals surface area contributed by atoms with Crippen LogP contribution in [0.3, 0.4) is 0 Å². The first-order valence-corrected chi connectivity index (χ1v) is 6.91. The highest BCUT2D eigenvalue weighted by Gasteiger charge is 2.39. The Kier molecular flexibility index (Phi) is 2.98. The Morgan fingerprint density at radius 3 is 2.47 bits per heavy atom. The molecule has 15 heavy (non-hydrogen) atoms. The first-order chi connectivity index (χ1) is 7.45. The molecule has 0 spiro atoms. The van der Waals surface area contributed by atoms with Crippen LogP contribution >= 0.6 is 0 Å². The zero-order valence-corrected chi connectivity index (χ0v) is 9.75. The summed E-state index contributed by atoms with van der Waals surface area (Å²) in [7, 11) is 0. The van der Waals surface area contributed by atoms with Gasteiger partial charge in [-0.3, -0.25) is 4.90 Å². The molecular formula is C13H24N2. The third kappa shape index (κ3) is 2.21. The van der Waals surface area contributed by atoms with Gasteiger partial charge >= 0.3 is 0 Å². The lowest BCUT2D eigenvalue weighted by Crippen LogP contribution is -2.56. The standard InChI is InChI=1S/C13H24N2/c1-2-4-12(5-3-1)15-9-8-14-10-13(15)11-6-7-11/h11-14H,1-10H2. The molecule has 1 unspecified atom stereocenters. The molecule has 0 amide bonds. The van der Waals surface area contributed by atoms with Gasteiger partial charge in [0.1, 0.15) is 0 Å². The van der Waals surface area contributed by atoms with Gasteiger partial charge < -0.3 is 5.32 Å². The average Bonchev–Trinajstić information content (AvgIpc) is 3.14. The fourth-order valence-corrected chi connectivity index (χ4v) is 3.53. The Balaban J connectivity index is 1.64. The minimum absolute atomic E-state index is 0.891. The Bertz CT molecular complexity index is 207. The van der Waals surface area contributed by atoms with E-state index in [4.69, 9.17) is 0 Å². The van der Waals surface area contributed by atoms with Gasteiger partial charge in [0.15, 0.2) is 0 Å². The third-order valence-electron chi connectivity index (χ3n) is 4.54. The minimum atomic E-state index is 0.891. The van der Waals surface area contributed by atoms with E-state index < -0.39 is 0 Å². The molecule has 1 atom stereocenters. The van der Waals surface area contributed by atoms with Gasteiger partial charge in [0.2, 0.25) is 0 Å². The molecule has 1 saturated heterocycles. The second kappa shape index (κ2) is 4.42. The van der Waals surface area contributed by atoms with Crippen molar-refractivity contribution < 1.29 is 0 Å². The lowest BCUT2D eigenvalue weighted by atomic mass is 9.91. The fraction of sp³-hybridized carbons (Fsp3) is 1.00. The van der Waals surface area contributed by atoms with Gasteiger partial charge in [-0.2, -0.15) is 0 Å². The van der Waals surface area contributed by atoms with E-state index in [1.54, 1.807) is 0 Å². The van der Waals surface area contributed by atoms with Gasteiger partial charge in [0.25, 0.3) is 0 Å². The first kappa shape index (κ1) is 10.1. The highest BCUT2D eigenvalue weighted by Crippen LogP contribution is 2.38.